The van der Waals surface area contributed by atoms with E-state index in [0.29, 0.717) is 4.52 Å². The van der Waals surface area contributed by atoms with Crippen molar-refractivity contribution >= 4 is 21.5 Å². The molecule has 8 nitrogen and oxygen atoms in total. The molecular weight excluding hydrogens is 373 g/mol. The van der Waals surface area contributed by atoms with E-state index in [-0.39, 0.29) is 30.6 Å². The number of alkyl halides is 3. The van der Waals surface area contributed by atoms with Crippen molar-refractivity contribution in [1.29, 1.82) is 0 Å². The van der Waals surface area contributed by atoms with Crippen molar-refractivity contribution in [3.63, 3.8) is 0 Å². The number of anilines is 1. The first-order valence-corrected chi connectivity index (χ1v) is 9.84. The van der Waals surface area contributed by atoms with E-state index in [1.807, 2.05) is 0 Å². The molecule has 1 saturated heterocycles. The highest BCUT2D eigenvalue weighted by atomic mass is 32.2. The molecule has 3 heterocycles. The highest BCUT2D eigenvalue weighted by Crippen LogP contribution is 2.29. The van der Waals surface area contributed by atoms with Gasteiger partial charge >= 0.3 is 6.18 Å². The van der Waals surface area contributed by atoms with Gasteiger partial charge in [-0.3, -0.25) is 0 Å². The summed E-state index contributed by atoms with van der Waals surface area (Å²) in [6.45, 7) is 0.369. The lowest BCUT2D eigenvalue weighted by molar-refractivity contribution is -0.146. The third-order valence-electron chi connectivity index (χ3n) is 4.80. The zero-order valence-electron chi connectivity index (χ0n) is 13.6. The van der Waals surface area contributed by atoms with Crippen LogP contribution < -0.4 is 9.62 Å². The van der Waals surface area contributed by atoms with Crippen LogP contribution in [-0.4, -0.2) is 52.6 Å². The average Bonchev–Trinajstić information content (AvgIpc) is 3.12. The Balaban J connectivity index is 1.48. The SMILES string of the molecule is O=S(=O)(NC1CCCC1)C1CN(c2ccc3nnc(C(F)(F)F)n3n2)C1. The number of rotatable bonds is 4. The maximum Gasteiger partial charge on any atom is 0.453 e. The topological polar surface area (TPSA) is 92.5 Å². The van der Waals surface area contributed by atoms with Crippen molar-refractivity contribution in [2.75, 3.05) is 18.0 Å². The molecule has 2 aromatic rings. The van der Waals surface area contributed by atoms with Crippen LogP contribution in [-0.2, 0) is 16.2 Å². The Morgan fingerprint density at radius 1 is 1.12 bits per heavy atom. The van der Waals surface area contributed by atoms with Gasteiger partial charge in [0.2, 0.25) is 10.0 Å². The monoisotopic (exact) mass is 390 g/mol. The highest BCUT2D eigenvalue weighted by molar-refractivity contribution is 7.90. The fourth-order valence-corrected chi connectivity index (χ4v) is 4.96. The third-order valence-corrected chi connectivity index (χ3v) is 6.64. The second kappa shape index (κ2) is 6.05. The van der Waals surface area contributed by atoms with Gasteiger partial charge < -0.3 is 4.90 Å². The molecular formula is C14H17F3N6O2S. The van der Waals surface area contributed by atoms with Gasteiger partial charge in [0.25, 0.3) is 5.82 Å². The highest BCUT2D eigenvalue weighted by Gasteiger charge is 2.41. The molecule has 1 aliphatic heterocycles. The average molecular weight is 390 g/mol. The summed E-state index contributed by atoms with van der Waals surface area (Å²) in [5.74, 6) is -0.947. The van der Waals surface area contributed by atoms with E-state index in [9.17, 15) is 21.6 Å². The molecule has 0 unspecified atom stereocenters. The Hall–Kier alpha value is -1.95. The van der Waals surface area contributed by atoms with Crippen molar-refractivity contribution in [3.8, 4) is 0 Å². The predicted octanol–water partition coefficient (Wildman–Crippen LogP) is 1.19. The molecule has 2 fully saturated rings. The number of nitrogens with one attached hydrogen (secondary N) is 1. The van der Waals surface area contributed by atoms with Gasteiger partial charge in [-0.05, 0) is 25.0 Å². The number of fused-ring (bicyclic) bond motifs is 1. The molecule has 2 aliphatic rings. The van der Waals surface area contributed by atoms with Crippen LogP contribution in [0.2, 0.25) is 0 Å². The predicted molar refractivity (Wildman–Crippen MR) is 86.1 cm³/mol. The van der Waals surface area contributed by atoms with Crippen molar-refractivity contribution in [2.45, 2.75) is 43.2 Å². The number of nitrogens with zero attached hydrogens (tertiary/aromatic N) is 5. The van der Waals surface area contributed by atoms with E-state index in [1.165, 1.54) is 12.1 Å². The van der Waals surface area contributed by atoms with Gasteiger partial charge in [0.05, 0.1) is 0 Å². The zero-order valence-corrected chi connectivity index (χ0v) is 14.5. The van der Waals surface area contributed by atoms with Crippen LogP contribution >= 0.6 is 0 Å². The number of hydrogen-bond acceptors (Lipinski definition) is 6. The second-order valence-electron chi connectivity index (χ2n) is 6.65. The van der Waals surface area contributed by atoms with E-state index in [2.05, 4.69) is 20.0 Å². The first kappa shape index (κ1) is 17.5. The van der Waals surface area contributed by atoms with Gasteiger partial charge in [-0.25, -0.2) is 13.1 Å². The molecule has 1 aliphatic carbocycles. The second-order valence-corrected chi connectivity index (χ2v) is 8.65. The molecule has 1 N–H and O–H groups in total. The van der Waals surface area contributed by atoms with E-state index < -0.39 is 27.3 Å². The number of aromatic nitrogens is 4. The standard InChI is InChI=1S/C14H17F3N6O2S/c15-14(16,17)13-19-18-11-5-6-12(20-23(11)13)22-7-10(8-22)26(24,25)21-9-3-1-2-4-9/h5-6,9-10,21H,1-4,7-8H2. The molecule has 2 aromatic heterocycles. The van der Waals surface area contributed by atoms with Gasteiger partial charge in [0.1, 0.15) is 11.1 Å². The largest absolute Gasteiger partial charge is 0.453 e. The van der Waals surface area contributed by atoms with Gasteiger partial charge in [0.15, 0.2) is 5.65 Å². The summed E-state index contributed by atoms with van der Waals surface area (Å²) >= 11 is 0. The fourth-order valence-electron chi connectivity index (χ4n) is 3.32. The third kappa shape index (κ3) is 3.11. The van der Waals surface area contributed by atoms with Gasteiger partial charge in [-0.15, -0.1) is 15.3 Å². The maximum atomic E-state index is 12.9. The van der Waals surface area contributed by atoms with Crippen molar-refractivity contribution < 1.29 is 21.6 Å². The minimum Gasteiger partial charge on any atom is -0.352 e. The quantitative estimate of drug-likeness (QED) is 0.843. The van der Waals surface area contributed by atoms with E-state index in [1.54, 1.807) is 4.90 Å². The van der Waals surface area contributed by atoms with Gasteiger partial charge in [0, 0.05) is 19.1 Å². The van der Waals surface area contributed by atoms with Crippen LogP contribution in [0.15, 0.2) is 12.1 Å². The molecule has 0 atom stereocenters. The Morgan fingerprint density at radius 2 is 1.81 bits per heavy atom. The molecule has 0 amide bonds. The molecule has 0 bridgehead atoms. The molecule has 142 valence electrons. The number of hydrogen-bond donors (Lipinski definition) is 1. The van der Waals surface area contributed by atoms with Crippen LogP contribution in [0, 0.1) is 0 Å². The minimum absolute atomic E-state index is 0.00473. The Morgan fingerprint density at radius 3 is 2.46 bits per heavy atom. The van der Waals surface area contributed by atoms with E-state index >= 15 is 0 Å². The maximum absolute atomic E-state index is 12.9. The summed E-state index contributed by atoms with van der Waals surface area (Å²) < 4.78 is 66.9. The molecule has 1 saturated carbocycles. The summed E-state index contributed by atoms with van der Waals surface area (Å²) in [6.07, 6.45) is -0.927. The molecule has 0 aromatic carbocycles. The fraction of sp³-hybridized carbons (Fsp3) is 0.643. The summed E-state index contributed by atoms with van der Waals surface area (Å²) in [5.41, 5.74) is -0.0197. The van der Waals surface area contributed by atoms with E-state index in [4.69, 9.17) is 0 Å². The smallest absolute Gasteiger partial charge is 0.352 e. The molecule has 0 radical (unpaired) electrons. The first-order valence-electron chi connectivity index (χ1n) is 8.30. The molecule has 4 rings (SSSR count). The first-order chi connectivity index (χ1) is 12.2. The number of sulfonamides is 1. The molecule has 26 heavy (non-hydrogen) atoms. The van der Waals surface area contributed by atoms with Gasteiger partial charge in [-0.2, -0.15) is 17.7 Å². The van der Waals surface area contributed by atoms with Crippen LogP contribution in [0.1, 0.15) is 31.5 Å². The summed E-state index contributed by atoms with van der Waals surface area (Å²) in [6, 6.07) is 2.88. The zero-order chi connectivity index (χ0) is 18.5. The van der Waals surface area contributed by atoms with Gasteiger partial charge in [-0.1, -0.05) is 12.8 Å². The lowest BCUT2D eigenvalue weighted by Crippen LogP contribution is -2.59. The van der Waals surface area contributed by atoms with E-state index in [0.717, 1.165) is 25.7 Å². The van der Waals surface area contributed by atoms with Crippen LogP contribution in [0.3, 0.4) is 0 Å². The van der Waals surface area contributed by atoms with Crippen LogP contribution in [0.5, 0.6) is 0 Å². The summed E-state index contributed by atoms with van der Waals surface area (Å²) in [7, 11) is -3.44. The Bertz CT molecular complexity index is 916. The summed E-state index contributed by atoms with van der Waals surface area (Å²) in [4.78, 5) is 1.62. The number of halogens is 3. The van der Waals surface area contributed by atoms with Crippen molar-refractivity contribution in [3.05, 3.63) is 18.0 Å². The Kier molecular flexibility index (Phi) is 4.06. The molecule has 0 spiro atoms. The molecule has 12 heteroatoms. The van der Waals surface area contributed by atoms with Crippen molar-refractivity contribution in [1.82, 2.24) is 24.5 Å². The lowest BCUT2D eigenvalue weighted by atomic mass is 10.2. The minimum atomic E-state index is -4.67. The summed E-state index contributed by atoms with van der Waals surface area (Å²) in [5, 5.41) is 9.90. The Labute approximate surface area is 147 Å². The normalized spacial score (nSPS) is 20.0. The lowest BCUT2D eigenvalue weighted by Gasteiger charge is -2.39. The van der Waals surface area contributed by atoms with Crippen molar-refractivity contribution in [2.24, 2.45) is 0 Å². The van der Waals surface area contributed by atoms with Crippen LogP contribution in [0.4, 0.5) is 19.0 Å². The van der Waals surface area contributed by atoms with Crippen LogP contribution in [0.25, 0.3) is 5.65 Å².